The van der Waals surface area contributed by atoms with E-state index in [1.54, 1.807) is 45.0 Å². The van der Waals surface area contributed by atoms with Crippen molar-refractivity contribution in [3.05, 3.63) is 35.9 Å². The summed E-state index contributed by atoms with van der Waals surface area (Å²) >= 11 is 1.29. The number of thioether (sulfide) groups is 1. The minimum atomic E-state index is -4.13. The fourth-order valence-electron chi connectivity index (χ4n) is 3.53. The Kier molecular flexibility index (Phi) is 7.48. The lowest BCUT2D eigenvalue weighted by molar-refractivity contribution is -0.171. The van der Waals surface area contributed by atoms with Crippen LogP contribution in [0.5, 0.6) is 0 Å². The predicted octanol–water partition coefficient (Wildman–Crippen LogP) is 0.617. The summed E-state index contributed by atoms with van der Waals surface area (Å²) in [7, 11) is -4.13. The van der Waals surface area contributed by atoms with Gasteiger partial charge in [0.2, 0.25) is 15.9 Å². The van der Waals surface area contributed by atoms with Gasteiger partial charge in [-0.1, -0.05) is 30.3 Å². The number of benzene rings is 1. The van der Waals surface area contributed by atoms with Crippen molar-refractivity contribution in [3.63, 3.8) is 0 Å². The fraction of sp³-hybridized carbons (Fsp3) is 0.550. The highest BCUT2D eigenvalue weighted by molar-refractivity contribution is 8.01. The van der Waals surface area contributed by atoms with Crippen LogP contribution in [0, 0.1) is 0 Å². The Morgan fingerprint density at radius 3 is 2.53 bits per heavy atom. The van der Waals surface area contributed by atoms with Crippen molar-refractivity contribution >= 4 is 39.6 Å². The molecule has 1 aromatic rings. The molecule has 3 rings (SSSR count). The molecule has 0 bridgehead atoms. The number of amides is 1. The maximum Gasteiger partial charge on any atom is 0.332 e. The molecule has 1 aromatic carbocycles. The minimum absolute atomic E-state index is 0.0520. The van der Waals surface area contributed by atoms with Crippen molar-refractivity contribution in [1.82, 2.24) is 9.62 Å². The Morgan fingerprint density at radius 1 is 1.19 bits per heavy atom. The SMILES string of the molecule is CCOCOC(=O)[C@@H]1N2C(=O)[C@@H](NS(=O)(=O)CC(=O)OCc3ccccc3)[C@H]2SC1(C)C. The molecule has 0 radical (unpaired) electrons. The second kappa shape index (κ2) is 9.77. The lowest BCUT2D eigenvalue weighted by atomic mass is 9.96. The van der Waals surface area contributed by atoms with Gasteiger partial charge < -0.3 is 19.1 Å². The number of sulfonamides is 1. The second-order valence-corrected chi connectivity index (χ2v) is 11.4. The number of ether oxygens (including phenoxy) is 3. The first-order valence-electron chi connectivity index (χ1n) is 9.99. The first-order chi connectivity index (χ1) is 15.1. The van der Waals surface area contributed by atoms with Crippen molar-refractivity contribution in [2.45, 2.75) is 49.6 Å². The topological polar surface area (TPSA) is 128 Å². The summed E-state index contributed by atoms with van der Waals surface area (Å²) in [4.78, 5) is 38.5. The number of hydrogen-bond acceptors (Lipinski definition) is 9. The van der Waals surface area contributed by atoms with Gasteiger partial charge in [0.05, 0.1) is 0 Å². The van der Waals surface area contributed by atoms with Crippen LogP contribution in [0.3, 0.4) is 0 Å². The molecule has 0 spiro atoms. The Hall–Kier alpha value is -2.15. The normalized spacial score (nSPS) is 23.9. The van der Waals surface area contributed by atoms with E-state index in [1.807, 2.05) is 6.07 Å². The van der Waals surface area contributed by atoms with E-state index in [9.17, 15) is 22.8 Å². The summed E-state index contributed by atoms with van der Waals surface area (Å²) in [6.45, 7) is 5.42. The molecule has 12 heteroatoms. The van der Waals surface area contributed by atoms with Crippen molar-refractivity contribution in [2.24, 2.45) is 0 Å². The van der Waals surface area contributed by atoms with E-state index in [0.717, 1.165) is 5.56 Å². The number of carbonyl (C=O) groups excluding carboxylic acids is 3. The molecule has 0 aliphatic carbocycles. The molecule has 0 aromatic heterocycles. The molecule has 0 saturated carbocycles. The smallest absolute Gasteiger partial charge is 0.332 e. The maximum atomic E-state index is 12.7. The third kappa shape index (κ3) is 5.42. The van der Waals surface area contributed by atoms with Crippen LogP contribution in [0.25, 0.3) is 0 Å². The zero-order chi connectivity index (χ0) is 23.5. The largest absolute Gasteiger partial charge is 0.460 e. The van der Waals surface area contributed by atoms with Gasteiger partial charge in [0, 0.05) is 11.4 Å². The molecule has 0 unspecified atom stereocenters. The van der Waals surface area contributed by atoms with Gasteiger partial charge in [0.1, 0.15) is 24.1 Å². The van der Waals surface area contributed by atoms with E-state index in [0.29, 0.717) is 6.61 Å². The van der Waals surface area contributed by atoms with Gasteiger partial charge in [0.15, 0.2) is 12.5 Å². The predicted molar refractivity (Wildman–Crippen MR) is 116 cm³/mol. The highest BCUT2D eigenvalue weighted by Gasteiger charge is 2.64. The molecule has 32 heavy (non-hydrogen) atoms. The van der Waals surface area contributed by atoms with E-state index < -0.39 is 55.8 Å². The van der Waals surface area contributed by atoms with E-state index in [1.165, 1.54) is 16.7 Å². The average molecular weight is 487 g/mol. The number of rotatable bonds is 10. The lowest BCUT2D eigenvalue weighted by Crippen LogP contribution is -2.70. The Labute approximate surface area is 191 Å². The first kappa shape index (κ1) is 24.5. The van der Waals surface area contributed by atoms with Crippen LogP contribution in [0.1, 0.15) is 26.3 Å². The summed E-state index contributed by atoms with van der Waals surface area (Å²) in [5.74, 6) is -3.00. The van der Waals surface area contributed by atoms with E-state index in [-0.39, 0.29) is 13.4 Å². The molecule has 2 aliphatic rings. The standard InChI is InChI=1S/C20H26N2O8S2/c1-4-28-12-30-19(25)16-20(2,3)31-18-15(17(24)22(16)18)21-32(26,27)11-14(23)29-10-13-8-6-5-7-9-13/h5-9,15-16,18,21H,4,10-12H2,1-3H3/t15-,16+,18-/m1/s1. The molecule has 1 N–H and O–H groups in total. The summed E-state index contributed by atoms with van der Waals surface area (Å²) < 4.78 is 41.6. The highest BCUT2D eigenvalue weighted by Crippen LogP contribution is 2.51. The molecule has 10 nitrogen and oxygen atoms in total. The van der Waals surface area contributed by atoms with Crippen molar-refractivity contribution in [3.8, 4) is 0 Å². The molecular formula is C20H26N2O8S2. The van der Waals surface area contributed by atoms with Crippen molar-refractivity contribution < 1.29 is 37.0 Å². The second-order valence-electron chi connectivity index (χ2n) is 7.83. The van der Waals surface area contributed by atoms with Gasteiger partial charge in [-0.15, -0.1) is 11.8 Å². The van der Waals surface area contributed by atoms with Gasteiger partial charge in [-0.05, 0) is 26.3 Å². The fourth-order valence-corrected chi connectivity index (χ4v) is 6.33. The van der Waals surface area contributed by atoms with Gasteiger partial charge in [-0.25, -0.2) is 13.2 Å². The molecule has 2 saturated heterocycles. The van der Waals surface area contributed by atoms with Crippen LogP contribution >= 0.6 is 11.8 Å². The van der Waals surface area contributed by atoms with Crippen molar-refractivity contribution in [2.75, 3.05) is 19.2 Å². The highest BCUT2D eigenvalue weighted by atomic mass is 32.2. The van der Waals surface area contributed by atoms with Gasteiger partial charge in [-0.2, -0.15) is 4.72 Å². The number of hydrogen-bond donors (Lipinski definition) is 1. The third-order valence-corrected chi connectivity index (χ3v) is 7.81. The zero-order valence-corrected chi connectivity index (χ0v) is 19.6. The summed E-state index contributed by atoms with van der Waals surface area (Å²) in [5.41, 5.74) is 0.725. The summed E-state index contributed by atoms with van der Waals surface area (Å²) in [6.07, 6.45) is 0. The number of fused-ring (bicyclic) bond motifs is 1. The number of β-lactam (4-membered cyclic amide) rings is 1. The van der Waals surface area contributed by atoms with E-state index in [2.05, 4.69) is 4.72 Å². The molecule has 3 atom stereocenters. The van der Waals surface area contributed by atoms with Gasteiger partial charge >= 0.3 is 11.9 Å². The molecule has 2 heterocycles. The Balaban J connectivity index is 1.57. The average Bonchev–Trinajstić information content (AvgIpc) is 2.99. The van der Waals surface area contributed by atoms with Crippen LogP contribution in [-0.2, 0) is 45.2 Å². The Bertz CT molecular complexity index is 967. The van der Waals surface area contributed by atoms with E-state index >= 15 is 0 Å². The number of carbonyl (C=O) groups is 3. The van der Waals surface area contributed by atoms with Crippen LogP contribution in [0.2, 0.25) is 0 Å². The minimum Gasteiger partial charge on any atom is -0.460 e. The molecule has 1 amide bonds. The summed E-state index contributed by atoms with van der Waals surface area (Å²) in [6, 6.07) is 6.90. The van der Waals surface area contributed by atoms with Crippen LogP contribution in [0.15, 0.2) is 30.3 Å². The zero-order valence-electron chi connectivity index (χ0n) is 18.0. The number of nitrogens with one attached hydrogen (secondary N) is 1. The van der Waals surface area contributed by atoms with Crippen LogP contribution in [0.4, 0.5) is 0 Å². The van der Waals surface area contributed by atoms with Crippen LogP contribution in [-0.4, -0.2) is 72.5 Å². The quantitative estimate of drug-likeness (QED) is 0.219. The van der Waals surface area contributed by atoms with Crippen LogP contribution < -0.4 is 4.72 Å². The monoisotopic (exact) mass is 486 g/mol. The Morgan fingerprint density at radius 2 is 1.88 bits per heavy atom. The van der Waals surface area contributed by atoms with Gasteiger partial charge in [-0.3, -0.25) is 9.59 Å². The molecule has 2 aliphatic heterocycles. The summed E-state index contributed by atoms with van der Waals surface area (Å²) in [5, 5.41) is -0.586. The molecule has 2 fully saturated rings. The van der Waals surface area contributed by atoms with E-state index in [4.69, 9.17) is 14.2 Å². The van der Waals surface area contributed by atoms with Crippen molar-refractivity contribution in [1.29, 1.82) is 0 Å². The lowest BCUT2D eigenvalue weighted by Gasteiger charge is -2.43. The molecule has 176 valence electrons. The van der Waals surface area contributed by atoms with Gasteiger partial charge in [0.25, 0.3) is 0 Å². The maximum absolute atomic E-state index is 12.7. The first-order valence-corrected chi connectivity index (χ1v) is 12.5. The number of nitrogens with zero attached hydrogens (tertiary/aromatic N) is 1. The molecular weight excluding hydrogens is 460 g/mol. The third-order valence-electron chi connectivity index (χ3n) is 5.01. The number of esters is 2.